The van der Waals surface area contributed by atoms with Crippen molar-refractivity contribution >= 4 is 5.82 Å². The van der Waals surface area contributed by atoms with Gasteiger partial charge in [0.05, 0.1) is 0 Å². The smallest absolute Gasteiger partial charge is 0.126 e. The number of pyridine rings is 1. The molecule has 0 atom stereocenters. The van der Waals surface area contributed by atoms with Gasteiger partial charge in [0.25, 0.3) is 0 Å². The van der Waals surface area contributed by atoms with Gasteiger partial charge in [0.2, 0.25) is 0 Å². The Labute approximate surface area is 101 Å². The van der Waals surface area contributed by atoms with Crippen LogP contribution >= 0.6 is 0 Å². The van der Waals surface area contributed by atoms with Crippen molar-refractivity contribution in [3.63, 3.8) is 0 Å². The van der Waals surface area contributed by atoms with E-state index in [0.29, 0.717) is 13.0 Å². The third-order valence-corrected chi connectivity index (χ3v) is 2.57. The third-order valence-electron chi connectivity index (χ3n) is 2.57. The molecular formula is C14H15FN2. The number of halogens is 1. The van der Waals surface area contributed by atoms with E-state index >= 15 is 0 Å². The molecule has 0 saturated heterocycles. The molecule has 2 nitrogen and oxygen atoms in total. The van der Waals surface area contributed by atoms with E-state index in [4.69, 9.17) is 0 Å². The molecule has 0 saturated carbocycles. The summed E-state index contributed by atoms with van der Waals surface area (Å²) in [5.74, 6) is 0.688. The predicted molar refractivity (Wildman–Crippen MR) is 67.6 cm³/mol. The number of anilines is 1. The van der Waals surface area contributed by atoms with Gasteiger partial charge in [-0.1, -0.05) is 18.2 Å². The number of nitrogens with zero attached hydrogens (tertiary/aromatic N) is 1. The molecule has 1 N–H and O–H groups in total. The second kappa shape index (κ2) is 5.43. The van der Waals surface area contributed by atoms with Gasteiger partial charge in [-0.3, -0.25) is 0 Å². The van der Waals surface area contributed by atoms with Crippen LogP contribution in [-0.2, 0) is 6.42 Å². The number of aryl methyl sites for hydroxylation is 1. The molecule has 0 bridgehead atoms. The maximum absolute atomic E-state index is 13.3. The summed E-state index contributed by atoms with van der Waals surface area (Å²) in [6.07, 6.45) is 2.42. The molecular weight excluding hydrogens is 215 g/mol. The molecule has 0 fully saturated rings. The van der Waals surface area contributed by atoms with Crippen molar-refractivity contribution in [2.45, 2.75) is 13.3 Å². The average Bonchev–Trinajstić information content (AvgIpc) is 2.32. The molecule has 0 aliphatic rings. The van der Waals surface area contributed by atoms with E-state index in [1.807, 2.05) is 25.1 Å². The number of nitrogens with one attached hydrogen (secondary N) is 1. The lowest BCUT2D eigenvalue weighted by Crippen LogP contribution is -2.07. The molecule has 0 spiro atoms. The molecule has 1 aromatic heterocycles. The second-order valence-corrected chi connectivity index (χ2v) is 3.99. The van der Waals surface area contributed by atoms with Crippen LogP contribution in [0.2, 0.25) is 0 Å². The highest BCUT2D eigenvalue weighted by Gasteiger charge is 2.00. The number of hydrogen-bond donors (Lipinski definition) is 1. The maximum Gasteiger partial charge on any atom is 0.126 e. The summed E-state index contributed by atoms with van der Waals surface area (Å²) in [7, 11) is 0. The van der Waals surface area contributed by atoms with E-state index in [2.05, 4.69) is 10.3 Å². The van der Waals surface area contributed by atoms with Gasteiger partial charge in [0, 0.05) is 12.7 Å². The molecule has 1 heterocycles. The number of rotatable bonds is 4. The van der Waals surface area contributed by atoms with Crippen molar-refractivity contribution in [1.82, 2.24) is 4.98 Å². The van der Waals surface area contributed by atoms with Crippen LogP contribution in [-0.4, -0.2) is 11.5 Å². The first kappa shape index (κ1) is 11.6. The Morgan fingerprint density at radius 2 is 2.06 bits per heavy atom. The zero-order valence-electron chi connectivity index (χ0n) is 9.78. The summed E-state index contributed by atoms with van der Waals surface area (Å²) in [4.78, 5) is 4.19. The van der Waals surface area contributed by atoms with Gasteiger partial charge in [0.15, 0.2) is 0 Å². The van der Waals surface area contributed by atoms with E-state index < -0.39 is 0 Å². The summed E-state index contributed by atoms with van der Waals surface area (Å²) in [5.41, 5.74) is 1.89. The van der Waals surface area contributed by atoms with Crippen molar-refractivity contribution in [3.8, 4) is 0 Å². The van der Waals surface area contributed by atoms with Crippen LogP contribution in [0.25, 0.3) is 0 Å². The summed E-state index contributed by atoms with van der Waals surface area (Å²) < 4.78 is 13.3. The summed E-state index contributed by atoms with van der Waals surface area (Å²) >= 11 is 0. The Balaban J connectivity index is 1.90. The number of hydrogen-bond acceptors (Lipinski definition) is 2. The van der Waals surface area contributed by atoms with E-state index in [9.17, 15) is 4.39 Å². The standard InChI is InChI=1S/C14H15FN2/c1-11-6-8-16-14(10-11)17-9-7-12-4-2-3-5-13(12)15/h2-6,8,10H,7,9H2,1H3,(H,16,17). The second-order valence-electron chi connectivity index (χ2n) is 3.99. The fourth-order valence-electron chi connectivity index (χ4n) is 1.66. The topological polar surface area (TPSA) is 24.9 Å². The van der Waals surface area contributed by atoms with Crippen molar-refractivity contribution < 1.29 is 4.39 Å². The fourth-order valence-corrected chi connectivity index (χ4v) is 1.66. The summed E-state index contributed by atoms with van der Waals surface area (Å²) in [6, 6.07) is 10.8. The Kier molecular flexibility index (Phi) is 3.70. The van der Waals surface area contributed by atoms with Crippen LogP contribution in [0, 0.1) is 12.7 Å². The first-order valence-corrected chi connectivity index (χ1v) is 5.65. The monoisotopic (exact) mass is 230 g/mol. The molecule has 3 heteroatoms. The van der Waals surface area contributed by atoms with Crippen LogP contribution in [0.4, 0.5) is 10.2 Å². The van der Waals surface area contributed by atoms with E-state index in [1.165, 1.54) is 6.07 Å². The van der Waals surface area contributed by atoms with Crippen molar-refractivity contribution in [1.29, 1.82) is 0 Å². The van der Waals surface area contributed by atoms with Gasteiger partial charge in [-0.25, -0.2) is 9.37 Å². The van der Waals surface area contributed by atoms with Crippen molar-refractivity contribution in [3.05, 3.63) is 59.5 Å². The summed E-state index contributed by atoms with van der Waals surface area (Å²) in [6.45, 7) is 2.70. The van der Waals surface area contributed by atoms with E-state index in [0.717, 1.165) is 16.9 Å². The lowest BCUT2D eigenvalue weighted by Gasteiger charge is -2.06. The first-order valence-electron chi connectivity index (χ1n) is 5.65. The molecule has 0 aliphatic heterocycles. The normalized spacial score (nSPS) is 10.2. The van der Waals surface area contributed by atoms with Gasteiger partial charge in [0.1, 0.15) is 11.6 Å². The molecule has 0 unspecified atom stereocenters. The van der Waals surface area contributed by atoms with Gasteiger partial charge in [-0.05, 0) is 42.7 Å². The van der Waals surface area contributed by atoms with Crippen LogP contribution in [0.1, 0.15) is 11.1 Å². The molecule has 2 rings (SSSR count). The van der Waals surface area contributed by atoms with E-state index in [-0.39, 0.29) is 5.82 Å². The van der Waals surface area contributed by atoms with Gasteiger partial charge in [-0.15, -0.1) is 0 Å². The zero-order valence-corrected chi connectivity index (χ0v) is 9.78. The highest BCUT2D eigenvalue weighted by atomic mass is 19.1. The SMILES string of the molecule is Cc1ccnc(NCCc2ccccc2F)c1. The predicted octanol–water partition coefficient (Wildman–Crippen LogP) is 3.18. The highest BCUT2D eigenvalue weighted by Crippen LogP contribution is 2.08. The third kappa shape index (κ3) is 3.28. The van der Waals surface area contributed by atoms with Crippen LogP contribution < -0.4 is 5.32 Å². The van der Waals surface area contributed by atoms with Crippen LogP contribution in [0.5, 0.6) is 0 Å². The van der Waals surface area contributed by atoms with Crippen LogP contribution in [0.3, 0.4) is 0 Å². The van der Waals surface area contributed by atoms with Crippen LogP contribution in [0.15, 0.2) is 42.6 Å². The highest BCUT2D eigenvalue weighted by molar-refractivity contribution is 5.37. The largest absolute Gasteiger partial charge is 0.370 e. The zero-order chi connectivity index (χ0) is 12.1. The maximum atomic E-state index is 13.3. The fraction of sp³-hybridized carbons (Fsp3) is 0.214. The minimum absolute atomic E-state index is 0.147. The Morgan fingerprint density at radius 1 is 1.24 bits per heavy atom. The molecule has 17 heavy (non-hydrogen) atoms. The number of aromatic nitrogens is 1. The first-order chi connectivity index (χ1) is 8.25. The quantitative estimate of drug-likeness (QED) is 0.872. The minimum Gasteiger partial charge on any atom is -0.370 e. The molecule has 88 valence electrons. The molecule has 0 radical (unpaired) electrons. The Bertz CT molecular complexity index is 497. The number of benzene rings is 1. The van der Waals surface area contributed by atoms with Gasteiger partial charge < -0.3 is 5.32 Å². The summed E-state index contributed by atoms with van der Waals surface area (Å²) in [5, 5.41) is 3.18. The molecule has 1 aromatic carbocycles. The minimum atomic E-state index is -0.147. The Morgan fingerprint density at radius 3 is 2.82 bits per heavy atom. The van der Waals surface area contributed by atoms with E-state index in [1.54, 1.807) is 18.3 Å². The van der Waals surface area contributed by atoms with Crippen molar-refractivity contribution in [2.24, 2.45) is 0 Å². The Hall–Kier alpha value is -1.90. The lowest BCUT2D eigenvalue weighted by atomic mass is 10.1. The van der Waals surface area contributed by atoms with Gasteiger partial charge >= 0.3 is 0 Å². The van der Waals surface area contributed by atoms with Gasteiger partial charge in [-0.2, -0.15) is 0 Å². The average molecular weight is 230 g/mol. The molecule has 0 amide bonds. The molecule has 2 aromatic rings. The molecule has 0 aliphatic carbocycles. The van der Waals surface area contributed by atoms with Crippen molar-refractivity contribution in [2.75, 3.05) is 11.9 Å². The lowest BCUT2D eigenvalue weighted by molar-refractivity contribution is 0.610.